The molecule has 0 aromatic heterocycles. The minimum atomic E-state index is -1.02. The number of likely N-dealkylation sites (N-methyl/N-ethyl adjacent to an activating group) is 1. The van der Waals surface area contributed by atoms with Crippen molar-refractivity contribution < 1.29 is 19.2 Å². The van der Waals surface area contributed by atoms with Crippen molar-refractivity contribution in [2.24, 2.45) is 0 Å². The van der Waals surface area contributed by atoms with Crippen molar-refractivity contribution in [1.82, 2.24) is 9.80 Å². The number of hydrogen-bond donors (Lipinski definition) is 1. The van der Waals surface area contributed by atoms with Crippen LogP contribution in [-0.4, -0.2) is 47.1 Å². The van der Waals surface area contributed by atoms with E-state index >= 15 is 0 Å². The molecule has 1 N–H and O–H groups in total. The third kappa shape index (κ3) is 2.87. The topological polar surface area (TPSA) is 86.8 Å². The van der Waals surface area contributed by atoms with Gasteiger partial charge in [0.1, 0.15) is 6.54 Å². The summed E-state index contributed by atoms with van der Waals surface area (Å²) in [4.78, 5) is 47.6. The van der Waals surface area contributed by atoms with Gasteiger partial charge in [0.05, 0.1) is 10.7 Å². The lowest BCUT2D eigenvalue weighted by molar-refractivity contribution is -0.143. The molecule has 7 nitrogen and oxygen atoms in total. The fraction of sp³-hybridized carbons (Fsp3) is 0.231. The lowest BCUT2D eigenvalue weighted by Crippen LogP contribution is -2.38. The SMILES string of the molecule is Cc1ccc(NC(=O)CN2C(=O)C(=O)N(C)C2=O)c(Cl)c1. The standard InChI is InChI=1S/C13H12ClN3O4/c1-7-3-4-9(8(14)5-7)15-10(18)6-17-12(20)11(19)16(2)13(17)21/h3-5H,6H2,1-2H3,(H,15,18). The molecule has 0 saturated carbocycles. The van der Waals surface area contributed by atoms with E-state index in [4.69, 9.17) is 11.6 Å². The number of hydrogen-bond acceptors (Lipinski definition) is 4. The van der Waals surface area contributed by atoms with Crippen molar-refractivity contribution in [1.29, 1.82) is 0 Å². The molecule has 8 heteroatoms. The third-order valence-electron chi connectivity index (χ3n) is 2.95. The molecule has 0 unspecified atom stereocenters. The molecule has 1 aliphatic rings. The summed E-state index contributed by atoms with van der Waals surface area (Å²) < 4.78 is 0. The highest BCUT2D eigenvalue weighted by Crippen LogP contribution is 2.22. The van der Waals surface area contributed by atoms with Gasteiger partial charge in [0.2, 0.25) is 5.91 Å². The fourth-order valence-electron chi connectivity index (χ4n) is 1.81. The van der Waals surface area contributed by atoms with Gasteiger partial charge in [-0.1, -0.05) is 17.7 Å². The number of carbonyl (C=O) groups excluding carboxylic acids is 4. The number of anilines is 1. The van der Waals surface area contributed by atoms with Crippen LogP contribution in [-0.2, 0) is 14.4 Å². The van der Waals surface area contributed by atoms with E-state index in [0.29, 0.717) is 20.5 Å². The highest BCUT2D eigenvalue weighted by molar-refractivity contribution is 6.45. The number of imide groups is 2. The summed E-state index contributed by atoms with van der Waals surface area (Å²) >= 11 is 5.97. The molecule has 0 aliphatic carbocycles. The number of halogens is 1. The molecule has 2 rings (SSSR count). The van der Waals surface area contributed by atoms with Crippen molar-refractivity contribution in [2.45, 2.75) is 6.92 Å². The first-order valence-electron chi connectivity index (χ1n) is 6.00. The molecular formula is C13H12ClN3O4. The van der Waals surface area contributed by atoms with Gasteiger partial charge in [0.15, 0.2) is 0 Å². The molecule has 5 amide bonds. The number of rotatable bonds is 3. The monoisotopic (exact) mass is 309 g/mol. The van der Waals surface area contributed by atoms with Gasteiger partial charge in [-0.2, -0.15) is 0 Å². The molecule has 110 valence electrons. The zero-order valence-corrected chi connectivity index (χ0v) is 12.1. The molecule has 0 atom stereocenters. The van der Waals surface area contributed by atoms with Crippen LogP contribution >= 0.6 is 11.6 Å². The second kappa shape index (κ2) is 5.53. The van der Waals surface area contributed by atoms with Crippen molar-refractivity contribution in [3.8, 4) is 0 Å². The van der Waals surface area contributed by atoms with Gasteiger partial charge in [0, 0.05) is 7.05 Å². The van der Waals surface area contributed by atoms with E-state index in [1.165, 1.54) is 7.05 Å². The average Bonchev–Trinajstić information content (AvgIpc) is 2.60. The first-order chi connectivity index (χ1) is 9.81. The average molecular weight is 310 g/mol. The molecule has 1 aromatic carbocycles. The number of aryl methyl sites for hydroxylation is 1. The summed E-state index contributed by atoms with van der Waals surface area (Å²) in [5.74, 6) is -2.60. The lowest BCUT2D eigenvalue weighted by atomic mass is 10.2. The van der Waals surface area contributed by atoms with E-state index < -0.39 is 30.3 Å². The summed E-state index contributed by atoms with van der Waals surface area (Å²) in [5.41, 5.74) is 1.29. The van der Waals surface area contributed by atoms with Crippen molar-refractivity contribution in [3.63, 3.8) is 0 Å². The second-order valence-corrected chi connectivity index (χ2v) is 4.98. The molecule has 1 fully saturated rings. The van der Waals surface area contributed by atoms with Gasteiger partial charge >= 0.3 is 17.8 Å². The third-order valence-corrected chi connectivity index (χ3v) is 3.26. The molecule has 0 bridgehead atoms. The number of carbonyl (C=O) groups is 4. The predicted molar refractivity (Wildman–Crippen MR) is 74.7 cm³/mol. The number of amides is 5. The Balaban J connectivity index is 2.07. The van der Waals surface area contributed by atoms with Crippen LogP contribution in [0.1, 0.15) is 5.56 Å². The maximum atomic E-state index is 11.9. The minimum Gasteiger partial charge on any atom is -0.323 e. The molecule has 1 aliphatic heterocycles. The van der Waals surface area contributed by atoms with Crippen LogP contribution in [0.25, 0.3) is 0 Å². The number of nitrogens with zero attached hydrogens (tertiary/aromatic N) is 2. The maximum absolute atomic E-state index is 11.9. The minimum absolute atomic E-state index is 0.343. The number of nitrogens with one attached hydrogen (secondary N) is 1. The maximum Gasteiger partial charge on any atom is 0.334 e. The number of urea groups is 1. The second-order valence-electron chi connectivity index (χ2n) is 4.57. The Morgan fingerprint density at radius 1 is 1.24 bits per heavy atom. The summed E-state index contributed by atoms with van der Waals surface area (Å²) in [7, 11) is 1.18. The highest BCUT2D eigenvalue weighted by atomic mass is 35.5. The normalized spacial score (nSPS) is 14.9. The van der Waals surface area contributed by atoms with Crippen LogP contribution in [0, 0.1) is 6.92 Å². The van der Waals surface area contributed by atoms with E-state index in [1.807, 2.05) is 6.92 Å². The Morgan fingerprint density at radius 2 is 1.90 bits per heavy atom. The van der Waals surface area contributed by atoms with E-state index in [-0.39, 0.29) is 0 Å². The van der Waals surface area contributed by atoms with Crippen LogP contribution in [0.4, 0.5) is 10.5 Å². The van der Waals surface area contributed by atoms with Crippen LogP contribution in [0.2, 0.25) is 5.02 Å². The molecule has 21 heavy (non-hydrogen) atoms. The molecule has 1 heterocycles. The predicted octanol–water partition coefficient (Wildman–Crippen LogP) is 1.01. The van der Waals surface area contributed by atoms with Gasteiger partial charge < -0.3 is 5.32 Å². The van der Waals surface area contributed by atoms with Crippen LogP contribution < -0.4 is 5.32 Å². The summed E-state index contributed by atoms with van der Waals surface area (Å²) in [5, 5.41) is 2.83. The van der Waals surface area contributed by atoms with Crippen molar-refractivity contribution in [3.05, 3.63) is 28.8 Å². The van der Waals surface area contributed by atoms with Crippen LogP contribution in [0.15, 0.2) is 18.2 Å². The summed E-state index contributed by atoms with van der Waals surface area (Å²) in [6.45, 7) is 1.30. The van der Waals surface area contributed by atoms with Crippen molar-refractivity contribution in [2.75, 3.05) is 18.9 Å². The van der Waals surface area contributed by atoms with Gasteiger partial charge in [-0.05, 0) is 24.6 Å². The molecule has 1 aromatic rings. The Morgan fingerprint density at radius 3 is 2.43 bits per heavy atom. The van der Waals surface area contributed by atoms with Gasteiger partial charge in [-0.25, -0.2) is 9.69 Å². The Kier molecular flexibility index (Phi) is 3.95. The molecular weight excluding hydrogens is 298 g/mol. The van der Waals surface area contributed by atoms with Gasteiger partial charge in [-0.15, -0.1) is 0 Å². The van der Waals surface area contributed by atoms with E-state index in [0.717, 1.165) is 5.56 Å². The Hall–Kier alpha value is -2.41. The zero-order chi connectivity index (χ0) is 15.7. The van der Waals surface area contributed by atoms with Crippen molar-refractivity contribution >= 4 is 41.0 Å². The van der Waals surface area contributed by atoms with Crippen LogP contribution in [0.5, 0.6) is 0 Å². The number of benzene rings is 1. The van der Waals surface area contributed by atoms with E-state index in [1.54, 1.807) is 18.2 Å². The first kappa shape index (κ1) is 15.0. The van der Waals surface area contributed by atoms with Gasteiger partial charge in [0.25, 0.3) is 0 Å². The van der Waals surface area contributed by atoms with Gasteiger partial charge in [-0.3, -0.25) is 19.3 Å². The Labute approximate surface area is 125 Å². The summed E-state index contributed by atoms with van der Waals surface area (Å²) in [6, 6.07) is 4.21. The smallest absolute Gasteiger partial charge is 0.323 e. The zero-order valence-electron chi connectivity index (χ0n) is 11.3. The fourth-order valence-corrected chi connectivity index (χ4v) is 2.09. The summed E-state index contributed by atoms with van der Waals surface area (Å²) in [6.07, 6.45) is 0. The molecule has 0 radical (unpaired) electrons. The molecule has 0 spiro atoms. The molecule has 1 saturated heterocycles. The van der Waals surface area contributed by atoms with E-state index in [9.17, 15) is 19.2 Å². The Bertz CT molecular complexity index is 659. The highest BCUT2D eigenvalue weighted by Gasteiger charge is 2.42. The lowest BCUT2D eigenvalue weighted by Gasteiger charge is -2.13. The quantitative estimate of drug-likeness (QED) is 0.667. The van der Waals surface area contributed by atoms with E-state index in [2.05, 4.69) is 5.32 Å². The first-order valence-corrected chi connectivity index (χ1v) is 6.38. The van der Waals surface area contributed by atoms with Crippen LogP contribution in [0.3, 0.4) is 0 Å². The largest absolute Gasteiger partial charge is 0.334 e.